The first-order valence-corrected chi connectivity index (χ1v) is 14.6. The molecule has 1 unspecified atom stereocenters. The smallest absolute Gasteiger partial charge is 0.273 e. The molecule has 3 aromatic heterocycles. The highest BCUT2D eigenvalue weighted by molar-refractivity contribution is 7.94. The summed E-state index contributed by atoms with van der Waals surface area (Å²) in [4.78, 5) is 22.9. The first-order valence-electron chi connectivity index (χ1n) is 11.5. The van der Waals surface area contributed by atoms with Gasteiger partial charge in [-0.2, -0.15) is 0 Å². The van der Waals surface area contributed by atoms with E-state index in [0.29, 0.717) is 16.4 Å². The van der Waals surface area contributed by atoms with E-state index < -0.39 is 10.0 Å². The zero-order valence-electron chi connectivity index (χ0n) is 19.5. The Bertz CT molecular complexity index is 1440. The highest BCUT2D eigenvalue weighted by Gasteiger charge is 2.27. The van der Waals surface area contributed by atoms with Gasteiger partial charge in [-0.1, -0.05) is 18.2 Å². The number of rotatable bonds is 8. The van der Waals surface area contributed by atoms with Crippen LogP contribution in [0.2, 0.25) is 0 Å². The van der Waals surface area contributed by atoms with Crippen molar-refractivity contribution in [2.45, 2.75) is 37.1 Å². The lowest BCUT2D eigenvalue weighted by Crippen LogP contribution is -2.35. The van der Waals surface area contributed by atoms with E-state index in [0.717, 1.165) is 52.5 Å². The predicted octanol–water partition coefficient (Wildman–Crippen LogP) is 4.28. The number of thiophene rings is 1. The Morgan fingerprint density at radius 2 is 2.17 bits per heavy atom. The standard InChI is InChI=1S/C24H27N5O3S3/c1-3-29(35(31,32)22-8-5-11-33-22)21-7-4-6-17-12-20(27-23(17)21)24-25-13-19(34-24)15-28-10-9-18(14-28)26-16(2)30/h4-8,11-13,18,27H,3,9-10,14-15H2,1-2H3,(H,26,30). The SMILES string of the molecule is CCN(c1cccc2cc(-c3ncc(CN4CCC(NC(C)=O)C4)s3)[nH]c12)S(=O)(=O)c1cccs1. The first kappa shape index (κ1) is 24.0. The summed E-state index contributed by atoms with van der Waals surface area (Å²) in [5.41, 5.74) is 2.27. The molecule has 184 valence electrons. The lowest BCUT2D eigenvalue weighted by atomic mass is 10.2. The van der Waals surface area contributed by atoms with Crippen LogP contribution in [0.3, 0.4) is 0 Å². The number of anilines is 1. The van der Waals surface area contributed by atoms with Crippen molar-refractivity contribution in [1.82, 2.24) is 20.2 Å². The molecule has 0 radical (unpaired) electrons. The molecule has 1 aliphatic rings. The Hall–Kier alpha value is -2.73. The van der Waals surface area contributed by atoms with Crippen LogP contribution in [-0.4, -0.2) is 54.9 Å². The van der Waals surface area contributed by atoms with Gasteiger partial charge in [-0.15, -0.1) is 22.7 Å². The number of nitrogens with one attached hydrogen (secondary N) is 2. The van der Waals surface area contributed by atoms with E-state index in [9.17, 15) is 13.2 Å². The third kappa shape index (κ3) is 4.86. The number of thiazole rings is 1. The van der Waals surface area contributed by atoms with Crippen molar-refractivity contribution in [3.8, 4) is 10.7 Å². The maximum atomic E-state index is 13.3. The van der Waals surface area contributed by atoms with E-state index >= 15 is 0 Å². The van der Waals surface area contributed by atoms with Gasteiger partial charge in [0, 0.05) is 55.6 Å². The second-order valence-corrected chi connectivity index (χ2v) is 12.7. The van der Waals surface area contributed by atoms with Crippen LogP contribution in [0.4, 0.5) is 5.69 Å². The van der Waals surface area contributed by atoms with Crippen molar-refractivity contribution >= 4 is 55.2 Å². The van der Waals surface area contributed by atoms with Crippen molar-refractivity contribution in [3.63, 3.8) is 0 Å². The van der Waals surface area contributed by atoms with Crippen molar-refractivity contribution < 1.29 is 13.2 Å². The number of carbonyl (C=O) groups is 1. The van der Waals surface area contributed by atoms with Gasteiger partial charge >= 0.3 is 0 Å². The van der Waals surface area contributed by atoms with E-state index in [1.54, 1.807) is 35.8 Å². The Morgan fingerprint density at radius 1 is 1.31 bits per heavy atom. The first-order chi connectivity index (χ1) is 16.8. The number of para-hydroxylation sites is 1. The average molecular weight is 530 g/mol. The quantitative estimate of drug-likeness (QED) is 0.355. The topological polar surface area (TPSA) is 98.4 Å². The normalized spacial score (nSPS) is 16.7. The fraction of sp³-hybridized carbons (Fsp3) is 0.333. The minimum Gasteiger partial charge on any atom is -0.352 e. The number of H-pyrrole nitrogens is 1. The summed E-state index contributed by atoms with van der Waals surface area (Å²) >= 11 is 2.85. The van der Waals surface area contributed by atoms with Gasteiger partial charge in [0.2, 0.25) is 5.91 Å². The molecule has 0 spiro atoms. The summed E-state index contributed by atoms with van der Waals surface area (Å²) in [6, 6.07) is 11.3. The van der Waals surface area contributed by atoms with Gasteiger partial charge in [-0.3, -0.25) is 14.0 Å². The van der Waals surface area contributed by atoms with E-state index in [2.05, 4.69) is 20.2 Å². The summed E-state index contributed by atoms with van der Waals surface area (Å²) in [6.07, 6.45) is 2.86. The molecule has 2 N–H and O–H groups in total. The number of hydrogen-bond acceptors (Lipinski definition) is 7. The van der Waals surface area contributed by atoms with Gasteiger partial charge in [-0.25, -0.2) is 13.4 Å². The van der Waals surface area contributed by atoms with Gasteiger partial charge in [0.1, 0.15) is 9.22 Å². The van der Waals surface area contributed by atoms with Crippen LogP contribution in [0.15, 0.2) is 52.2 Å². The van der Waals surface area contributed by atoms with E-state index in [4.69, 9.17) is 0 Å². The summed E-state index contributed by atoms with van der Waals surface area (Å²) in [5, 5.41) is 6.57. The van der Waals surface area contributed by atoms with Crippen LogP contribution < -0.4 is 9.62 Å². The fourth-order valence-electron chi connectivity index (χ4n) is 4.56. The lowest BCUT2D eigenvalue weighted by Gasteiger charge is -2.22. The highest BCUT2D eigenvalue weighted by atomic mass is 32.2. The molecule has 1 fully saturated rings. The molecule has 8 nitrogen and oxygen atoms in total. The Kier molecular flexibility index (Phi) is 6.67. The number of aromatic amines is 1. The Balaban J connectivity index is 1.39. The molecular formula is C24H27N5O3S3. The molecule has 1 saturated heterocycles. The minimum atomic E-state index is -3.64. The third-order valence-corrected chi connectivity index (χ3v) is 10.3. The number of aromatic nitrogens is 2. The van der Waals surface area contributed by atoms with Gasteiger partial charge in [0.05, 0.1) is 16.9 Å². The van der Waals surface area contributed by atoms with Crippen LogP contribution >= 0.6 is 22.7 Å². The molecule has 5 rings (SSSR count). The molecule has 4 aromatic rings. The molecule has 1 aliphatic heterocycles. The van der Waals surface area contributed by atoms with Crippen LogP contribution in [0.1, 0.15) is 25.1 Å². The number of benzene rings is 1. The zero-order valence-corrected chi connectivity index (χ0v) is 22.0. The van der Waals surface area contributed by atoms with Crippen molar-refractivity contribution in [2.24, 2.45) is 0 Å². The van der Waals surface area contributed by atoms with Gasteiger partial charge in [0.15, 0.2) is 0 Å². The number of carbonyl (C=O) groups excluding carboxylic acids is 1. The molecule has 0 aliphatic carbocycles. The second kappa shape index (κ2) is 9.73. The van der Waals surface area contributed by atoms with Crippen LogP contribution in [-0.2, 0) is 21.4 Å². The summed E-state index contributed by atoms with van der Waals surface area (Å²) < 4.78 is 28.3. The number of nitrogens with zero attached hydrogens (tertiary/aromatic N) is 3. The number of amides is 1. The molecule has 0 bridgehead atoms. The van der Waals surface area contributed by atoms with Gasteiger partial charge < -0.3 is 10.3 Å². The lowest BCUT2D eigenvalue weighted by molar-refractivity contribution is -0.119. The maximum Gasteiger partial charge on any atom is 0.273 e. The van der Waals surface area contributed by atoms with Crippen molar-refractivity contribution in [3.05, 3.63) is 52.9 Å². The molecule has 1 atom stereocenters. The number of sulfonamides is 1. The van der Waals surface area contributed by atoms with Gasteiger partial charge in [0.25, 0.3) is 10.0 Å². The highest BCUT2D eigenvalue weighted by Crippen LogP contribution is 2.35. The molecule has 0 saturated carbocycles. The van der Waals surface area contributed by atoms with Crippen LogP contribution in [0.5, 0.6) is 0 Å². The molecule has 1 aromatic carbocycles. The van der Waals surface area contributed by atoms with Crippen molar-refractivity contribution in [2.75, 3.05) is 23.9 Å². The number of hydrogen-bond donors (Lipinski definition) is 2. The van der Waals surface area contributed by atoms with E-state index in [1.165, 1.54) is 15.6 Å². The fourth-order valence-corrected chi connectivity index (χ4v) is 8.08. The van der Waals surface area contributed by atoms with Crippen LogP contribution in [0.25, 0.3) is 21.6 Å². The minimum absolute atomic E-state index is 0.0138. The average Bonchev–Trinajstić information content (AvgIpc) is 3.61. The summed E-state index contributed by atoms with van der Waals surface area (Å²) in [7, 11) is -3.64. The largest absolute Gasteiger partial charge is 0.352 e. The Morgan fingerprint density at radius 3 is 2.91 bits per heavy atom. The molecular weight excluding hydrogens is 502 g/mol. The van der Waals surface area contributed by atoms with Crippen LogP contribution in [0, 0.1) is 0 Å². The van der Waals surface area contributed by atoms with E-state index in [-0.39, 0.29) is 11.9 Å². The zero-order chi connectivity index (χ0) is 24.6. The summed E-state index contributed by atoms with van der Waals surface area (Å²) in [5.74, 6) is 0.0138. The van der Waals surface area contributed by atoms with Gasteiger partial charge in [-0.05, 0) is 36.9 Å². The third-order valence-electron chi connectivity index (χ3n) is 6.07. The number of fused-ring (bicyclic) bond motifs is 1. The summed E-state index contributed by atoms with van der Waals surface area (Å²) in [6.45, 7) is 6.30. The predicted molar refractivity (Wildman–Crippen MR) is 141 cm³/mol. The van der Waals surface area contributed by atoms with Crippen molar-refractivity contribution in [1.29, 1.82) is 0 Å². The Labute approximate surface area is 212 Å². The second-order valence-electron chi connectivity index (χ2n) is 8.58. The molecule has 4 heterocycles. The molecule has 1 amide bonds. The monoisotopic (exact) mass is 529 g/mol. The molecule has 35 heavy (non-hydrogen) atoms. The number of likely N-dealkylation sites (tertiary alicyclic amines) is 1. The molecule has 11 heteroatoms. The maximum absolute atomic E-state index is 13.3. The van der Waals surface area contributed by atoms with E-state index in [1.807, 2.05) is 37.4 Å².